The Bertz CT molecular complexity index is 922. The van der Waals surface area contributed by atoms with Crippen molar-refractivity contribution in [2.45, 2.75) is 25.2 Å². The molecule has 1 heterocycles. The average Bonchev–Trinajstić information content (AvgIpc) is 2.74. The lowest BCUT2D eigenvalue weighted by Gasteiger charge is -2.40. The zero-order chi connectivity index (χ0) is 21.0. The van der Waals surface area contributed by atoms with Gasteiger partial charge in [0.05, 0.1) is 5.41 Å². The Morgan fingerprint density at radius 2 is 1.66 bits per heavy atom. The van der Waals surface area contributed by atoms with E-state index in [0.29, 0.717) is 25.9 Å². The molecule has 152 valence electrons. The van der Waals surface area contributed by atoms with E-state index in [0.717, 1.165) is 23.8 Å². The SMILES string of the molecule is CC(=O)N1CCC(C(=O)OCC(=O)c2ccc(F)c(F)c2)(c2ccccc2)CC1. The van der Waals surface area contributed by atoms with Crippen molar-refractivity contribution in [2.75, 3.05) is 19.7 Å². The van der Waals surface area contributed by atoms with Crippen LogP contribution in [-0.2, 0) is 19.7 Å². The minimum Gasteiger partial charge on any atom is -0.457 e. The van der Waals surface area contributed by atoms with Gasteiger partial charge in [-0.3, -0.25) is 14.4 Å². The zero-order valence-electron chi connectivity index (χ0n) is 16.0. The van der Waals surface area contributed by atoms with Crippen LogP contribution in [0.2, 0.25) is 0 Å². The highest BCUT2D eigenvalue weighted by Gasteiger charge is 2.44. The highest BCUT2D eigenvalue weighted by atomic mass is 19.2. The molecule has 3 rings (SSSR count). The van der Waals surface area contributed by atoms with Crippen molar-refractivity contribution >= 4 is 17.7 Å². The molecule has 0 atom stereocenters. The number of ketones is 1. The number of carbonyl (C=O) groups excluding carboxylic acids is 3. The molecule has 0 saturated carbocycles. The lowest BCUT2D eigenvalue weighted by molar-refractivity contribution is -0.153. The first kappa shape index (κ1) is 20.6. The molecule has 0 aromatic heterocycles. The van der Waals surface area contributed by atoms with Crippen LogP contribution in [-0.4, -0.2) is 42.3 Å². The summed E-state index contributed by atoms with van der Waals surface area (Å²) >= 11 is 0. The topological polar surface area (TPSA) is 63.7 Å². The van der Waals surface area contributed by atoms with E-state index < -0.39 is 35.4 Å². The quantitative estimate of drug-likeness (QED) is 0.570. The van der Waals surface area contributed by atoms with Crippen LogP contribution < -0.4 is 0 Å². The summed E-state index contributed by atoms with van der Waals surface area (Å²) in [4.78, 5) is 38.6. The first-order valence-electron chi connectivity index (χ1n) is 9.30. The fourth-order valence-electron chi connectivity index (χ4n) is 3.59. The average molecular weight is 401 g/mol. The fraction of sp³-hybridized carbons (Fsp3) is 0.318. The second-order valence-electron chi connectivity index (χ2n) is 7.08. The Hall–Kier alpha value is -3.09. The molecule has 0 unspecified atom stereocenters. The van der Waals surface area contributed by atoms with Gasteiger partial charge < -0.3 is 9.64 Å². The number of rotatable bonds is 5. The fourth-order valence-corrected chi connectivity index (χ4v) is 3.59. The van der Waals surface area contributed by atoms with Gasteiger partial charge in [0.1, 0.15) is 0 Å². The Labute approximate surface area is 167 Å². The highest BCUT2D eigenvalue weighted by Crippen LogP contribution is 2.37. The summed E-state index contributed by atoms with van der Waals surface area (Å²) in [5, 5.41) is 0. The number of amides is 1. The second kappa shape index (κ2) is 8.51. The lowest BCUT2D eigenvalue weighted by Crippen LogP contribution is -2.49. The maximum atomic E-state index is 13.3. The molecule has 1 aliphatic rings. The molecular weight excluding hydrogens is 380 g/mol. The first-order valence-corrected chi connectivity index (χ1v) is 9.30. The maximum Gasteiger partial charge on any atom is 0.317 e. The van der Waals surface area contributed by atoms with Gasteiger partial charge in [0.25, 0.3) is 0 Å². The molecule has 7 heteroatoms. The van der Waals surface area contributed by atoms with Crippen LogP contribution in [0.1, 0.15) is 35.7 Å². The maximum absolute atomic E-state index is 13.3. The van der Waals surface area contributed by atoms with Gasteiger partial charge in [0, 0.05) is 25.6 Å². The molecule has 1 saturated heterocycles. The van der Waals surface area contributed by atoms with Gasteiger partial charge in [-0.05, 0) is 36.6 Å². The molecule has 2 aromatic carbocycles. The number of piperidine rings is 1. The van der Waals surface area contributed by atoms with Crippen molar-refractivity contribution in [1.82, 2.24) is 4.90 Å². The predicted molar refractivity (Wildman–Crippen MR) is 101 cm³/mol. The zero-order valence-corrected chi connectivity index (χ0v) is 16.0. The van der Waals surface area contributed by atoms with Gasteiger partial charge in [-0.25, -0.2) is 8.78 Å². The van der Waals surface area contributed by atoms with Crippen molar-refractivity contribution < 1.29 is 27.9 Å². The molecule has 0 spiro atoms. The standard InChI is InChI=1S/C22H21F2NO4/c1-15(26)25-11-9-22(10-12-25,17-5-3-2-4-6-17)21(28)29-14-20(27)16-7-8-18(23)19(24)13-16/h2-8,13H,9-12,14H2,1H3. The molecule has 0 bridgehead atoms. The molecule has 5 nitrogen and oxygen atoms in total. The largest absolute Gasteiger partial charge is 0.457 e. The number of halogens is 2. The van der Waals surface area contributed by atoms with Gasteiger partial charge >= 0.3 is 5.97 Å². The van der Waals surface area contributed by atoms with E-state index in [9.17, 15) is 23.2 Å². The number of hydrogen-bond acceptors (Lipinski definition) is 4. The van der Waals surface area contributed by atoms with E-state index >= 15 is 0 Å². The first-order chi connectivity index (χ1) is 13.8. The van der Waals surface area contributed by atoms with E-state index in [1.165, 1.54) is 6.92 Å². The molecule has 1 amide bonds. The van der Waals surface area contributed by atoms with Crippen LogP contribution in [0.5, 0.6) is 0 Å². The van der Waals surface area contributed by atoms with Crippen LogP contribution in [0.3, 0.4) is 0 Å². The summed E-state index contributed by atoms with van der Waals surface area (Å²) in [6, 6.07) is 11.9. The Morgan fingerprint density at radius 3 is 2.24 bits per heavy atom. The summed E-state index contributed by atoms with van der Waals surface area (Å²) < 4.78 is 31.7. The summed E-state index contributed by atoms with van der Waals surface area (Å²) in [6.07, 6.45) is 0.740. The third-order valence-electron chi connectivity index (χ3n) is 5.36. The number of carbonyl (C=O) groups is 3. The normalized spacial score (nSPS) is 15.6. The number of ether oxygens (including phenoxy) is 1. The summed E-state index contributed by atoms with van der Waals surface area (Å²) in [6.45, 7) is 1.70. The van der Waals surface area contributed by atoms with Crippen molar-refractivity contribution in [3.05, 3.63) is 71.3 Å². The molecular formula is C22H21F2NO4. The summed E-state index contributed by atoms with van der Waals surface area (Å²) in [5.41, 5.74) is -0.285. The van der Waals surface area contributed by atoms with Crippen LogP contribution in [0.25, 0.3) is 0 Å². The van der Waals surface area contributed by atoms with Crippen LogP contribution in [0.4, 0.5) is 8.78 Å². The molecule has 0 N–H and O–H groups in total. The van der Waals surface area contributed by atoms with E-state index in [1.807, 2.05) is 30.3 Å². The van der Waals surface area contributed by atoms with Gasteiger partial charge in [-0.15, -0.1) is 0 Å². The van der Waals surface area contributed by atoms with Gasteiger partial charge in [0.2, 0.25) is 5.91 Å². The molecule has 0 radical (unpaired) electrons. The highest BCUT2D eigenvalue weighted by molar-refractivity contribution is 5.98. The lowest BCUT2D eigenvalue weighted by atomic mass is 9.72. The summed E-state index contributed by atoms with van der Waals surface area (Å²) in [5.74, 6) is -3.45. The number of benzene rings is 2. The van der Waals surface area contributed by atoms with Gasteiger partial charge in [0.15, 0.2) is 24.0 Å². The van der Waals surface area contributed by atoms with Crippen molar-refractivity contribution in [1.29, 1.82) is 0 Å². The van der Waals surface area contributed by atoms with Crippen LogP contribution >= 0.6 is 0 Å². The van der Waals surface area contributed by atoms with Crippen molar-refractivity contribution in [3.8, 4) is 0 Å². The van der Waals surface area contributed by atoms with Crippen LogP contribution in [0.15, 0.2) is 48.5 Å². The number of hydrogen-bond donors (Lipinski definition) is 0. The number of likely N-dealkylation sites (tertiary alicyclic amines) is 1. The van der Waals surface area contributed by atoms with Crippen molar-refractivity contribution in [3.63, 3.8) is 0 Å². The molecule has 29 heavy (non-hydrogen) atoms. The second-order valence-corrected chi connectivity index (χ2v) is 7.08. The third-order valence-corrected chi connectivity index (χ3v) is 5.36. The van der Waals surface area contributed by atoms with E-state index in [4.69, 9.17) is 4.74 Å². The molecule has 1 aliphatic heterocycles. The molecule has 0 aliphatic carbocycles. The Balaban J connectivity index is 1.76. The minimum absolute atomic E-state index is 0.0615. The van der Waals surface area contributed by atoms with E-state index in [-0.39, 0.29) is 11.5 Å². The van der Waals surface area contributed by atoms with E-state index in [1.54, 1.807) is 4.90 Å². The van der Waals surface area contributed by atoms with E-state index in [2.05, 4.69) is 0 Å². The van der Waals surface area contributed by atoms with Gasteiger partial charge in [-0.2, -0.15) is 0 Å². The van der Waals surface area contributed by atoms with Crippen molar-refractivity contribution in [2.24, 2.45) is 0 Å². The monoisotopic (exact) mass is 401 g/mol. The Morgan fingerprint density at radius 1 is 1.00 bits per heavy atom. The Kier molecular flexibility index (Phi) is 6.06. The number of nitrogens with zero attached hydrogens (tertiary/aromatic N) is 1. The predicted octanol–water partition coefficient (Wildman–Crippen LogP) is 3.27. The number of esters is 1. The van der Waals surface area contributed by atoms with Gasteiger partial charge in [-0.1, -0.05) is 30.3 Å². The van der Waals surface area contributed by atoms with Crippen LogP contribution in [0, 0.1) is 11.6 Å². The molecule has 1 fully saturated rings. The third kappa shape index (κ3) is 4.34. The minimum atomic E-state index is -1.14. The number of Topliss-reactive ketones (excluding diaryl/α,β-unsaturated/α-hetero) is 1. The summed E-state index contributed by atoms with van der Waals surface area (Å²) in [7, 11) is 0. The smallest absolute Gasteiger partial charge is 0.317 e. The molecule has 2 aromatic rings.